The number of hydrogen-bond donors (Lipinski definition) is 1. The zero-order valence-electron chi connectivity index (χ0n) is 12.9. The molecule has 1 heterocycles. The number of nitrogens with zero attached hydrogens (tertiary/aromatic N) is 1. The fourth-order valence-corrected chi connectivity index (χ4v) is 2.73. The molecule has 3 nitrogen and oxygen atoms in total. The normalized spacial score (nSPS) is 19.7. The lowest BCUT2D eigenvalue weighted by molar-refractivity contribution is -0.132. The van der Waals surface area contributed by atoms with E-state index in [-0.39, 0.29) is 0 Å². The summed E-state index contributed by atoms with van der Waals surface area (Å²) in [6.07, 6.45) is 11.1. The van der Waals surface area contributed by atoms with Crippen molar-refractivity contribution in [3.63, 3.8) is 0 Å². The predicted molar refractivity (Wildman–Crippen MR) is 81.3 cm³/mol. The van der Waals surface area contributed by atoms with E-state index in [1.54, 1.807) is 0 Å². The van der Waals surface area contributed by atoms with Crippen LogP contribution in [0.25, 0.3) is 0 Å². The van der Waals surface area contributed by atoms with Crippen LogP contribution in [0.4, 0.5) is 0 Å². The molecule has 0 unspecified atom stereocenters. The maximum Gasteiger partial charge on any atom is 0.222 e. The fraction of sp³-hybridized carbons (Fsp3) is 0.938. The molecule has 112 valence electrons. The van der Waals surface area contributed by atoms with E-state index < -0.39 is 0 Å². The Hall–Kier alpha value is -0.570. The van der Waals surface area contributed by atoms with Crippen LogP contribution in [-0.4, -0.2) is 36.5 Å². The molecule has 1 amide bonds. The first kappa shape index (κ1) is 16.5. The third kappa shape index (κ3) is 7.56. The Morgan fingerprint density at radius 3 is 2.37 bits per heavy atom. The summed E-state index contributed by atoms with van der Waals surface area (Å²) in [5, 5.41) is 3.37. The summed E-state index contributed by atoms with van der Waals surface area (Å²) in [5.41, 5.74) is 0. The molecule has 0 aromatic heterocycles. The molecule has 0 aromatic carbocycles. The summed E-state index contributed by atoms with van der Waals surface area (Å²) >= 11 is 0. The lowest BCUT2D eigenvalue weighted by Crippen LogP contribution is -2.51. The molecule has 0 aliphatic carbocycles. The van der Waals surface area contributed by atoms with Crippen LogP contribution in [0.2, 0.25) is 0 Å². The predicted octanol–water partition coefficient (Wildman–Crippen LogP) is 3.34. The lowest BCUT2D eigenvalue weighted by atomic mass is 10.1. The maximum atomic E-state index is 12.0. The molecule has 1 N–H and O–H groups in total. The molecule has 1 atom stereocenters. The number of carbonyl (C=O) groups is 1. The van der Waals surface area contributed by atoms with Crippen LogP contribution in [0.15, 0.2) is 0 Å². The van der Waals surface area contributed by atoms with Gasteiger partial charge >= 0.3 is 0 Å². The molecular formula is C16H32N2O. The van der Waals surface area contributed by atoms with Crippen molar-refractivity contribution in [2.45, 2.75) is 77.7 Å². The molecule has 0 bridgehead atoms. The van der Waals surface area contributed by atoms with Gasteiger partial charge in [0.15, 0.2) is 0 Å². The number of amides is 1. The minimum atomic E-state index is 0.360. The summed E-state index contributed by atoms with van der Waals surface area (Å²) < 4.78 is 0. The molecule has 1 rings (SSSR count). The second-order valence-electron chi connectivity index (χ2n) is 5.92. The van der Waals surface area contributed by atoms with Crippen molar-refractivity contribution in [1.82, 2.24) is 10.2 Å². The number of piperazine rings is 1. The zero-order chi connectivity index (χ0) is 13.9. The number of hydrogen-bond acceptors (Lipinski definition) is 2. The van der Waals surface area contributed by atoms with Crippen LogP contribution in [0.3, 0.4) is 0 Å². The van der Waals surface area contributed by atoms with Gasteiger partial charge in [0.2, 0.25) is 5.91 Å². The standard InChI is InChI=1S/C16H32N2O/c1-3-4-5-6-7-8-9-10-11-16(19)18-13-12-17-15(2)14-18/h15,17H,3-14H2,1-2H3/t15-/m0/s1. The third-order valence-corrected chi connectivity index (χ3v) is 3.97. The van der Waals surface area contributed by atoms with Gasteiger partial charge in [-0.3, -0.25) is 4.79 Å². The van der Waals surface area contributed by atoms with Crippen LogP contribution in [0.5, 0.6) is 0 Å². The molecule has 0 radical (unpaired) electrons. The van der Waals surface area contributed by atoms with Crippen LogP contribution in [0, 0.1) is 0 Å². The van der Waals surface area contributed by atoms with Gasteiger partial charge in [0, 0.05) is 32.1 Å². The van der Waals surface area contributed by atoms with Gasteiger partial charge < -0.3 is 10.2 Å². The molecule has 19 heavy (non-hydrogen) atoms. The van der Waals surface area contributed by atoms with Crippen molar-refractivity contribution in [2.75, 3.05) is 19.6 Å². The Morgan fingerprint density at radius 1 is 1.11 bits per heavy atom. The smallest absolute Gasteiger partial charge is 0.222 e. The molecule has 1 saturated heterocycles. The van der Waals surface area contributed by atoms with Crippen molar-refractivity contribution in [3.05, 3.63) is 0 Å². The number of unbranched alkanes of at least 4 members (excludes halogenated alkanes) is 7. The largest absolute Gasteiger partial charge is 0.340 e. The summed E-state index contributed by atoms with van der Waals surface area (Å²) in [7, 11) is 0. The van der Waals surface area contributed by atoms with Crippen LogP contribution >= 0.6 is 0 Å². The van der Waals surface area contributed by atoms with E-state index in [1.165, 1.54) is 44.9 Å². The van der Waals surface area contributed by atoms with Crippen molar-refractivity contribution in [3.8, 4) is 0 Å². The Labute approximate surface area is 119 Å². The highest BCUT2D eigenvalue weighted by molar-refractivity contribution is 5.76. The summed E-state index contributed by atoms with van der Waals surface area (Å²) in [4.78, 5) is 14.0. The highest BCUT2D eigenvalue weighted by Gasteiger charge is 2.19. The molecular weight excluding hydrogens is 236 g/mol. The minimum absolute atomic E-state index is 0.360. The van der Waals surface area contributed by atoms with Crippen molar-refractivity contribution < 1.29 is 4.79 Å². The number of carbonyl (C=O) groups excluding carboxylic acids is 1. The zero-order valence-corrected chi connectivity index (χ0v) is 12.9. The van der Waals surface area contributed by atoms with Gasteiger partial charge in [-0.15, -0.1) is 0 Å². The average Bonchev–Trinajstić information content (AvgIpc) is 2.41. The van der Waals surface area contributed by atoms with Gasteiger partial charge in [-0.2, -0.15) is 0 Å². The molecule has 0 spiro atoms. The summed E-state index contributed by atoms with van der Waals surface area (Å²) in [6, 6.07) is 0.455. The first-order valence-electron chi connectivity index (χ1n) is 8.25. The van der Waals surface area contributed by atoms with Crippen LogP contribution in [-0.2, 0) is 4.79 Å². The molecule has 1 fully saturated rings. The maximum absolute atomic E-state index is 12.0. The quantitative estimate of drug-likeness (QED) is 0.651. The van der Waals surface area contributed by atoms with Crippen molar-refractivity contribution in [1.29, 1.82) is 0 Å². The Bertz CT molecular complexity index is 243. The van der Waals surface area contributed by atoms with E-state index >= 15 is 0 Å². The van der Waals surface area contributed by atoms with E-state index in [0.717, 1.165) is 32.5 Å². The molecule has 0 saturated carbocycles. The highest BCUT2D eigenvalue weighted by Crippen LogP contribution is 2.11. The second-order valence-corrected chi connectivity index (χ2v) is 5.92. The minimum Gasteiger partial charge on any atom is -0.340 e. The summed E-state index contributed by atoms with van der Waals surface area (Å²) in [6.45, 7) is 7.12. The fourth-order valence-electron chi connectivity index (χ4n) is 2.73. The van der Waals surface area contributed by atoms with Crippen molar-refractivity contribution in [2.24, 2.45) is 0 Å². The van der Waals surface area contributed by atoms with Crippen molar-refractivity contribution >= 4 is 5.91 Å². The van der Waals surface area contributed by atoms with Crippen LogP contribution in [0.1, 0.15) is 71.6 Å². The van der Waals surface area contributed by atoms with Gasteiger partial charge in [-0.05, 0) is 13.3 Å². The molecule has 1 aliphatic rings. The van der Waals surface area contributed by atoms with Gasteiger partial charge in [0.1, 0.15) is 0 Å². The Morgan fingerprint density at radius 2 is 1.74 bits per heavy atom. The average molecular weight is 268 g/mol. The topological polar surface area (TPSA) is 32.3 Å². The SMILES string of the molecule is CCCCCCCCCCC(=O)N1CCN[C@@H](C)C1. The van der Waals surface area contributed by atoms with E-state index in [4.69, 9.17) is 0 Å². The van der Waals surface area contributed by atoms with Gasteiger partial charge in [-0.25, -0.2) is 0 Å². The Balaban J connectivity index is 1.95. The molecule has 0 aromatic rings. The van der Waals surface area contributed by atoms with Gasteiger partial charge in [-0.1, -0.05) is 51.9 Å². The summed E-state index contributed by atoms with van der Waals surface area (Å²) in [5.74, 6) is 0.360. The first-order chi connectivity index (χ1) is 9.24. The van der Waals surface area contributed by atoms with E-state index in [1.807, 2.05) is 4.90 Å². The van der Waals surface area contributed by atoms with Gasteiger partial charge in [0.25, 0.3) is 0 Å². The van der Waals surface area contributed by atoms with E-state index in [2.05, 4.69) is 19.2 Å². The van der Waals surface area contributed by atoms with E-state index in [9.17, 15) is 4.79 Å². The second kappa shape index (κ2) is 10.2. The lowest BCUT2D eigenvalue weighted by Gasteiger charge is -2.32. The third-order valence-electron chi connectivity index (χ3n) is 3.97. The van der Waals surface area contributed by atoms with E-state index in [0.29, 0.717) is 11.9 Å². The monoisotopic (exact) mass is 268 g/mol. The van der Waals surface area contributed by atoms with Gasteiger partial charge in [0.05, 0.1) is 0 Å². The molecule has 1 aliphatic heterocycles. The number of rotatable bonds is 9. The Kier molecular flexibility index (Phi) is 8.89. The molecule has 3 heteroatoms. The number of nitrogens with one attached hydrogen (secondary N) is 1. The highest BCUT2D eigenvalue weighted by atomic mass is 16.2. The first-order valence-corrected chi connectivity index (χ1v) is 8.25. The van der Waals surface area contributed by atoms with Crippen LogP contribution < -0.4 is 5.32 Å².